The fourth-order valence-corrected chi connectivity index (χ4v) is 6.11. The topological polar surface area (TPSA) is 42.0 Å². The van der Waals surface area contributed by atoms with Gasteiger partial charge in [-0.05, 0) is 72.3 Å². The van der Waals surface area contributed by atoms with Crippen LogP contribution in [0.2, 0.25) is 0 Å². The molecule has 0 spiro atoms. The number of methoxy groups -OCH3 is 2. The number of halogens is 1. The zero-order valence-corrected chi connectivity index (χ0v) is 21.1. The molecule has 2 aliphatic heterocycles. The number of hydrogen-bond donors (Lipinski definition) is 0. The van der Waals surface area contributed by atoms with E-state index in [0.29, 0.717) is 19.0 Å². The molecule has 0 aromatic heterocycles. The zero-order chi connectivity index (χ0) is 25.1. The van der Waals surface area contributed by atoms with Crippen LogP contribution in [0.4, 0.5) is 4.39 Å². The highest BCUT2D eigenvalue weighted by molar-refractivity contribution is 6.07. The first-order valence-electron chi connectivity index (χ1n) is 12.9. The van der Waals surface area contributed by atoms with Crippen LogP contribution in [0.1, 0.15) is 34.7 Å². The number of hydrogen-bond acceptors (Lipinski definition) is 4. The Morgan fingerprint density at radius 3 is 2.36 bits per heavy atom. The molecule has 6 heteroatoms. The third kappa shape index (κ3) is 5.17. The van der Waals surface area contributed by atoms with Crippen molar-refractivity contribution in [3.8, 4) is 0 Å². The second-order valence-corrected chi connectivity index (χ2v) is 10.1. The summed E-state index contributed by atoms with van der Waals surface area (Å²) in [6.45, 7) is 4.20. The lowest BCUT2D eigenvalue weighted by atomic mass is 9.88. The maximum Gasteiger partial charge on any atom is 0.254 e. The van der Waals surface area contributed by atoms with E-state index in [0.717, 1.165) is 48.8 Å². The van der Waals surface area contributed by atoms with Gasteiger partial charge in [0.05, 0.1) is 0 Å². The van der Waals surface area contributed by atoms with Crippen molar-refractivity contribution in [1.29, 1.82) is 0 Å². The van der Waals surface area contributed by atoms with E-state index in [-0.39, 0.29) is 29.9 Å². The molecule has 5 rings (SSSR count). The predicted octanol–water partition coefficient (Wildman–Crippen LogP) is 5.17. The number of amides is 1. The number of fused-ring (bicyclic) bond motifs is 1. The first-order valence-corrected chi connectivity index (χ1v) is 12.9. The van der Waals surface area contributed by atoms with Crippen molar-refractivity contribution in [3.05, 3.63) is 83.7 Å². The molecule has 2 aliphatic rings. The van der Waals surface area contributed by atoms with Gasteiger partial charge in [0.25, 0.3) is 5.91 Å². The number of likely N-dealkylation sites (tertiary alicyclic amines) is 2. The summed E-state index contributed by atoms with van der Waals surface area (Å²) in [6.07, 6.45) is 1.76. The third-order valence-electron chi connectivity index (χ3n) is 8.03. The molecule has 190 valence electrons. The van der Waals surface area contributed by atoms with Gasteiger partial charge in [0.1, 0.15) is 5.82 Å². The van der Waals surface area contributed by atoms with E-state index in [4.69, 9.17) is 9.47 Å². The van der Waals surface area contributed by atoms with Gasteiger partial charge < -0.3 is 19.3 Å². The molecule has 36 heavy (non-hydrogen) atoms. The summed E-state index contributed by atoms with van der Waals surface area (Å²) in [5.74, 6) is 0.721. The molecular weight excluding hydrogens is 455 g/mol. The molecule has 3 aromatic rings. The van der Waals surface area contributed by atoms with Gasteiger partial charge in [-0.2, -0.15) is 0 Å². The van der Waals surface area contributed by atoms with Crippen molar-refractivity contribution in [2.24, 2.45) is 11.8 Å². The molecule has 2 fully saturated rings. The third-order valence-corrected chi connectivity index (χ3v) is 8.03. The van der Waals surface area contributed by atoms with Gasteiger partial charge in [-0.3, -0.25) is 4.79 Å². The van der Waals surface area contributed by atoms with E-state index >= 15 is 0 Å². The van der Waals surface area contributed by atoms with E-state index < -0.39 is 0 Å². The van der Waals surface area contributed by atoms with E-state index in [2.05, 4.69) is 4.90 Å². The number of rotatable bonds is 7. The van der Waals surface area contributed by atoms with Crippen LogP contribution in [0.25, 0.3) is 10.8 Å². The second kappa shape index (κ2) is 11.1. The fraction of sp³-hybridized carbons (Fsp3) is 0.433. The minimum atomic E-state index is -0.350. The predicted molar refractivity (Wildman–Crippen MR) is 139 cm³/mol. The van der Waals surface area contributed by atoms with Crippen molar-refractivity contribution < 1.29 is 18.7 Å². The van der Waals surface area contributed by atoms with Gasteiger partial charge in [0, 0.05) is 45.3 Å². The Morgan fingerprint density at radius 2 is 1.64 bits per heavy atom. The second-order valence-electron chi connectivity index (χ2n) is 10.1. The molecule has 0 N–H and O–H groups in total. The molecule has 2 heterocycles. The maximum atomic E-state index is 13.7. The SMILES string of the molecule is COC(OC)[C@@H]1CN(C(=O)c2cccc3ccccc23)CC1CN1CCC(c2ccc(F)cc2)CC1. The molecular formula is C30H35FN2O3. The summed E-state index contributed by atoms with van der Waals surface area (Å²) in [6, 6.07) is 20.9. The van der Waals surface area contributed by atoms with Crippen LogP contribution >= 0.6 is 0 Å². The van der Waals surface area contributed by atoms with Crippen molar-refractivity contribution >= 4 is 16.7 Å². The smallest absolute Gasteiger partial charge is 0.254 e. The maximum absolute atomic E-state index is 13.7. The quantitative estimate of drug-likeness (QED) is 0.429. The normalized spacial score (nSPS) is 21.5. The number of piperidine rings is 1. The Hall–Kier alpha value is -2.80. The van der Waals surface area contributed by atoms with Crippen LogP contribution in [0, 0.1) is 17.7 Å². The number of carbonyl (C=O) groups is 1. The molecule has 0 saturated carbocycles. The molecule has 2 saturated heterocycles. The van der Waals surface area contributed by atoms with Crippen molar-refractivity contribution in [1.82, 2.24) is 9.80 Å². The molecule has 0 aliphatic carbocycles. The Kier molecular flexibility index (Phi) is 7.65. The van der Waals surface area contributed by atoms with E-state index in [1.807, 2.05) is 59.5 Å². The van der Waals surface area contributed by atoms with Gasteiger partial charge in [0.2, 0.25) is 0 Å². The first-order chi connectivity index (χ1) is 17.6. The Labute approximate surface area is 212 Å². The van der Waals surface area contributed by atoms with Gasteiger partial charge in [0.15, 0.2) is 6.29 Å². The lowest BCUT2D eigenvalue weighted by Crippen LogP contribution is -2.41. The highest BCUT2D eigenvalue weighted by Gasteiger charge is 2.41. The lowest BCUT2D eigenvalue weighted by Gasteiger charge is -2.35. The highest BCUT2D eigenvalue weighted by Crippen LogP contribution is 2.34. The van der Waals surface area contributed by atoms with Crippen LogP contribution in [0.15, 0.2) is 66.7 Å². The van der Waals surface area contributed by atoms with Crippen molar-refractivity contribution in [3.63, 3.8) is 0 Å². The number of nitrogens with zero attached hydrogens (tertiary/aromatic N) is 2. The molecule has 1 unspecified atom stereocenters. The molecule has 0 bridgehead atoms. The van der Waals surface area contributed by atoms with Gasteiger partial charge in [-0.25, -0.2) is 4.39 Å². The van der Waals surface area contributed by atoms with Crippen LogP contribution in [0.3, 0.4) is 0 Å². The van der Waals surface area contributed by atoms with E-state index in [1.54, 1.807) is 26.4 Å². The Morgan fingerprint density at radius 1 is 0.944 bits per heavy atom. The summed E-state index contributed by atoms with van der Waals surface area (Å²) >= 11 is 0. The standard InChI is InChI=1S/C30H35FN2O3/c1-35-30(36-2)28-20-33(29(34)27-9-5-7-23-6-3-4-8-26(23)27)19-24(28)18-32-16-14-22(15-17-32)21-10-12-25(31)13-11-21/h3-13,22,24,28,30H,14-20H2,1-2H3/t24?,28-/m1/s1. The number of ether oxygens (including phenoxy) is 2. The van der Waals surface area contributed by atoms with Gasteiger partial charge >= 0.3 is 0 Å². The molecule has 2 atom stereocenters. The summed E-state index contributed by atoms with van der Waals surface area (Å²) < 4.78 is 24.7. The Balaban J connectivity index is 1.28. The molecule has 1 amide bonds. The van der Waals surface area contributed by atoms with Crippen molar-refractivity contribution in [2.75, 3.05) is 46.9 Å². The largest absolute Gasteiger partial charge is 0.356 e. The number of benzene rings is 3. The summed E-state index contributed by atoms with van der Waals surface area (Å²) in [7, 11) is 3.35. The van der Waals surface area contributed by atoms with E-state index in [9.17, 15) is 9.18 Å². The summed E-state index contributed by atoms with van der Waals surface area (Å²) in [5, 5.41) is 2.06. The summed E-state index contributed by atoms with van der Waals surface area (Å²) in [5.41, 5.74) is 1.97. The zero-order valence-electron chi connectivity index (χ0n) is 21.1. The van der Waals surface area contributed by atoms with Crippen LogP contribution in [-0.4, -0.2) is 68.9 Å². The van der Waals surface area contributed by atoms with E-state index in [1.165, 1.54) is 5.56 Å². The number of carbonyl (C=O) groups excluding carboxylic acids is 1. The van der Waals surface area contributed by atoms with Gasteiger partial charge in [-0.15, -0.1) is 0 Å². The first kappa shape index (κ1) is 24.9. The van der Waals surface area contributed by atoms with Crippen LogP contribution in [0.5, 0.6) is 0 Å². The van der Waals surface area contributed by atoms with Crippen molar-refractivity contribution in [2.45, 2.75) is 25.0 Å². The fourth-order valence-electron chi connectivity index (χ4n) is 6.11. The summed E-state index contributed by atoms with van der Waals surface area (Å²) in [4.78, 5) is 18.2. The van der Waals surface area contributed by atoms with Gasteiger partial charge in [-0.1, -0.05) is 48.5 Å². The monoisotopic (exact) mass is 490 g/mol. The lowest BCUT2D eigenvalue weighted by molar-refractivity contribution is -0.143. The van der Waals surface area contributed by atoms with Crippen LogP contribution in [-0.2, 0) is 9.47 Å². The highest BCUT2D eigenvalue weighted by atomic mass is 19.1. The minimum absolute atomic E-state index is 0.0697. The molecule has 3 aromatic carbocycles. The minimum Gasteiger partial charge on any atom is -0.356 e. The Bertz CT molecular complexity index is 1170. The average molecular weight is 491 g/mol. The average Bonchev–Trinajstić information content (AvgIpc) is 3.33. The molecule has 0 radical (unpaired) electrons. The van der Waals surface area contributed by atoms with Crippen LogP contribution < -0.4 is 0 Å². The molecule has 5 nitrogen and oxygen atoms in total.